The van der Waals surface area contributed by atoms with Crippen LogP contribution in [0.4, 0.5) is 0 Å². The van der Waals surface area contributed by atoms with Gasteiger partial charge in [0.2, 0.25) is 21.7 Å². The molecule has 1 aromatic heterocycles. The second kappa shape index (κ2) is 6.85. The second-order valence-corrected chi connectivity index (χ2v) is 10.8. The molecule has 164 valence electrons. The lowest BCUT2D eigenvalue weighted by molar-refractivity contribution is -0.143. The van der Waals surface area contributed by atoms with Crippen LogP contribution in [0.15, 0.2) is 27.6 Å². The average molecular weight is 445 g/mol. The van der Waals surface area contributed by atoms with Crippen molar-refractivity contribution in [2.24, 2.45) is 17.8 Å². The van der Waals surface area contributed by atoms with Gasteiger partial charge in [0.25, 0.3) is 0 Å². The van der Waals surface area contributed by atoms with Gasteiger partial charge in [0, 0.05) is 24.6 Å². The topological polar surface area (TPSA) is 112 Å². The minimum absolute atomic E-state index is 0.0474. The van der Waals surface area contributed by atoms with Crippen LogP contribution < -0.4 is 0 Å². The van der Waals surface area contributed by atoms with Crippen LogP contribution in [-0.2, 0) is 24.3 Å². The second-order valence-electron chi connectivity index (χ2n) is 8.88. The number of carbonyl (C=O) groups is 1. The normalized spacial score (nSPS) is 32.5. The number of esters is 1. The predicted octanol–water partition coefficient (Wildman–Crippen LogP) is 1.73. The molecule has 1 aromatic carbocycles. The smallest absolute Gasteiger partial charge is 0.310 e. The number of sulfonamides is 1. The molecule has 2 saturated carbocycles. The van der Waals surface area contributed by atoms with Gasteiger partial charge in [-0.05, 0) is 37.3 Å². The van der Waals surface area contributed by atoms with Gasteiger partial charge >= 0.3 is 5.97 Å². The predicted molar refractivity (Wildman–Crippen MR) is 106 cm³/mol. The summed E-state index contributed by atoms with van der Waals surface area (Å²) >= 11 is 0. The van der Waals surface area contributed by atoms with Crippen molar-refractivity contribution in [3.63, 3.8) is 0 Å². The molecule has 10 heteroatoms. The zero-order chi connectivity index (χ0) is 21.3. The first kappa shape index (κ1) is 19.4. The maximum Gasteiger partial charge on any atom is 0.310 e. The first-order valence-electron chi connectivity index (χ1n) is 10.7. The van der Waals surface area contributed by atoms with E-state index in [1.807, 2.05) is 0 Å². The van der Waals surface area contributed by atoms with E-state index in [2.05, 4.69) is 10.1 Å². The first-order valence-corrected chi connectivity index (χ1v) is 12.1. The molecule has 9 nitrogen and oxygen atoms in total. The van der Waals surface area contributed by atoms with Crippen LogP contribution in [0.5, 0.6) is 0 Å². The van der Waals surface area contributed by atoms with E-state index >= 15 is 0 Å². The number of rotatable bonds is 4. The third-order valence-electron chi connectivity index (χ3n) is 7.24. The van der Waals surface area contributed by atoms with E-state index in [4.69, 9.17) is 14.0 Å². The number of benzene rings is 1. The highest BCUT2D eigenvalue weighted by Crippen LogP contribution is 2.61. The molecular weight excluding hydrogens is 422 g/mol. The van der Waals surface area contributed by atoms with Crippen LogP contribution >= 0.6 is 0 Å². The molecular formula is C21H23N3O6S. The number of fused-ring (bicyclic) bond motifs is 1. The van der Waals surface area contributed by atoms with Gasteiger partial charge in [-0.2, -0.15) is 9.29 Å². The molecule has 2 saturated heterocycles. The first-order chi connectivity index (χ1) is 14.9. The van der Waals surface area contributed by atoms with Gasteiger partial charge in [-0.15, -0.1) is 0 Å². The van der Waals surface area contributed by atoms with Crippen molar-refractivity contribution >= 4 is 16.0 Å². The summed E-state index contributed by atoms with van der Waals surface area (Å²) in [5.41, 5.74) is 1.23. The van der Waals surface area contributed by atoms with Gasteiger partial charge in [-0.3, -0.25) is 4.79 Å². The van der Waals surface area contributed by atoms with Gasteiger partial charge in [0.05, 0.1) is 29.9 Å². The Kier molecular flexibility index (Phi) is 4.28. The van der Waals surface area contributed by atoms with Gasteiger partial charge < -0.3 is 14.0 Å². The van der Waals surface area contributed by atoms with E-state index in [9.17, 15) is 13.2 Å². The maximum absolute atomic E-state index is 13.2. The molecule has 6 rings (SSSR count). The third kappa shape index (κ3) is 2.88. The Balaban J connectivity index is 1.32. The number of nitrogens with zero attached hydrogens (tertiary/aromatic N) is 3. The highest BCUT2D eigenvalue weighted by Gasteiger charge is 2.63. The Labute approximate surface area is 179 Å². The molecule has 4 fully saturated rings. The molecule has 4 aliphatic rings. The Morgan fingerprint density at radius 1 is 1.13 bits per heavy atom. The van der Waals surface area contributed by atoms with Crippen molar-refractivity contribution < 1.29 is 27.2 Å². The summed E-state index contributed by atoms with van der Waals surface area (Å²) in [5, 5.41) is 4.12. The van der Waals surface area contributed by atoms with Crippen LogP contribution in [0.1, 0.15) is 30.2 Å². The average Bonchev–Trinajstić information content (AvgIpc) is 3.51. The number of hydrogen-bond acceptors (Lipinski definition) is 8. The molecule has 0 N–H and O–H groups in total. The zero-order valence-corrected chi connectivity index (χ0v) is 17.9. The minimum Gasteiger partial charge on any atom is -0.462 e. The van der Waals surface area contributed by atoms with Crippen LogP contribution in [0, 0.1) is 24.7 Å². The molecule has 2 aliphatic carbocycles. The van der Waals surface area contributed by atoms with E-state index in [-0.39, 0.29) is 34.7 Å². The van der Waals surface area contributed by atoms with Gasteiger partial charge in [0.15, 0.2) is 0 Å². The Hall–Kier alpha value is -2.30. The minimum atomic E-state index is -3.65. The highest BCUT2D eigenvalue weighted by molar-refractivity contribution is 7.89. The largest absolute Gasteiger partial charge is 0.462 e. The van der Waals surface area contributed by atoms with Crippen LogP contribution in [0.2, 0.25) is 0 Å². The number of carbonyl (C=O) groups excluding carboxylic acids is 1. The highest BCUT2D eigenvalue weighted by atomic mass is 32.2. The fourth-order valence-electron chi connectivity index (χ4n) is 5.77. The fourth-order valence-corrected chi connectivity index (χ4v) is 7.43. The summed E-state index contributed by atoms with van der Waals surface area (Å²) in [5.74, 6) is 0.875. The lowest BCUT2D eigenvalue weighted by Crippen LogP contribution is -2.40. The van der Waals surface area contributed by atoms with Crippen LogP contribution in [-0.4, -0.2) is 61.2 Å². The third-order valence-corrected chi connectivity index (χ3v) is 9.28. The van der Waals surface area contributed by atoms with Gasteiger partial charge in [0.1, 0.15) is 6.10 Å². The van der Waals surface area contributed by atoms with Crippen molar-refractivity contribution in [2.45, 2.75) is 36.7 Å². The number of morpholine rings is 1. The molecule has 0 amide bonds. The molecule has 2 bridgehead atoms. The van der Waals surface area contributed by atoms with E-state index in [0.717, 1.165) is 12.8 Å². The Bertz CT molecular complexity index is 1150. The summed E-state index contributed by atoms with van der Waals surface area (Å²) in [6.45, 7) is 3.22. The quantitative estimate of drug-likeness (QED) is 0.654. The zero-order valence-electron chi connectivity index (χ0n) is 17.1. The summed E-state index contributed by atoms with van der Waals surface area (Å²) in [4.78, 5) is 17.1. The SMILES string of the molecule is Cc1ccc(-c2noc([C@@H]3[C@@H]4C[C@@H]5[C@H]3C(=O)O[C@@H]5C4)n2)cc1S(=O)(=O)N1CCOCC1. The molecule has 5 atom stereocenters. The van der Waals surface area contributed by atoms with Crippen molar-refractivity contribution in [3.8, 4) is 11.4 Å². The molecule has 2 aromatic rings. The van der Waals surface area contributed by atoms with E-state index < -0.39 is 10.0 Å². The van der Waals surface area contributed by atoms with Crippen molar-refractivity contribution in [1.82, 2.24) is 14.4 Å². The molecule has 0 unspecified atom stereocenters. The monoisotopic (exact) mass is 445 g/mol. The summed E-state index contributed by atoms with van der Waals surface area (Å²) in [7, 11) is -3.65. The number of aromatic nitrogens is 2. The lowest BCUT2D eigenvalue weighted by Gasteiger charge is -2.26. The van der Waals surface area contributed by atoms with E-state index in [1.165, 1.54) is 4.31 Å². The Morgan fingerprint density at radius 2 is 1.94 bits per heavy atom. The standard InChI is InChI=1S/C21H23N3O6S/c1-11-2-3-12(10-16(11)31(26,27)24-4-6-28-7-5-24)19-22-20(30-23-19)17-13-8-14-15(9-13)29-21(25)18(14)17/h2-3,10,13-15,17-18H,4-9H2,1H3/t13-,14+,15-,17-,18-/m1/s1. The molecule has 3 heterocycles. The number of ether oxygens (including phenoxy) is 2. The van der Waals surface area contributed by atoms with Crippen molar-refractivity contribution in [2.75, 3.05) is 26.3 Å². The lowest BCUT2D eigenvalue weighted by atomic mass is 9.80. The number of hydrogen-bond donors (Lipinski definition) is 0. The molecule has 0 spiro atoms. The maximum atomic E-state index is 13.2. The summed E-state index contributed by atoms with van der Waals surface area (Å²) in [6.07, 6.45) is 1.85. The van der Waals surface area contributed by atoms with Crippen LogP contribution in [0.25, 0.3) is 11.4 Å². The van der Waals surface area contributed by atoms with Crippen LogP contribution in [0.3, 0.4) is 0 Å². The van der Waals surface area contributed by atoms with Crippen molar-refractivity contribution in [1.29, 1.82) is 0 Å². The molecule has 31 heavy (non-hydrogen) atoms. The number of aryl methyl sites for hydroxylation is 1. The Morgan fingerprint density at radius 3 is 2.74 bits per heavy atom. The molecule has 0 radical (unpaired) electrons. The van der Waals surface area contributed by atoms with Gasteiger partial charge in [-0.1, -0.05) is 17.3 Å². The van der Waals surface area contributed by atoms with E-state index in [1.54, 1.807) is 25.1 Å². The van der Waals surface area contributed by atoms with Gasteiger partial charge in [-0.25, -0.2) is 8.42 Å². The summed E-state index contributed by atoms with van der Waals surface area (Å²) < 4.78 is 44.1. The van der Waals surface area contributed by atoms with Crippen molar-refractivity contribution in [3.05, 3.63) is 29.7 Å². The fraction of sp³-hybridized carbons (Fsp3) is 0.571. The molecule has 2 aliphatic heterocycles. The van der Waals surface area contributed by atoms with E-state index in [0.29, 0.717) is 55.1 Å². The summed E-state index contributed by atoms with van der Waals surface area (Å²) in [6, 6.07) is 5.16.